The number of nitrogens with zero attached hydrogens (tertiary/aromatic N) is 2. The molecule has 0 aromatic heterocycles. The molecule has 118 valence electrons. The van der Waals surface area contributed by atoms with Gasteiger partial charge < -0.3 is 4.90 Å². The van der Waals surface area contributed by atoms with Gasteiger partial charge in [-0.25, -0.2) is 12.7 Å². The van der Waals surface area contributed by atoms with Crippen LogP contribution in [0.1, 0.15) is 23.1 Å². The lowest BCUT2D eigenvalue weighted by Crippen LogP contribution is -2.30. The molecule has 1 fully saturated rings. The van der Waals surface area contributed by atoms with Crippen LogP contribution in [0, 0.1) is 19.8 Å². The SMILES string of the molecule is Cc1cc(C)cc(CN(C)C[C@@H]2CCN(S(C)(=O)=O)C2)c1. The van der Waals surface area contributed by atoms with Crippen molar-refractivity contribution in [2.75, 3.05) is 32.9 Å². The lowest BCUT2D eigenvalue weighted by atomic mass is 10.1. The predicted molar refractivity (Wildman–Crippen MR) is 86.8 cm³/mol. The van der Waals surface area contributed by atoms with Crippen molar-refractivity contribution in [3.63, 3.8) is 0 Å². The molecule has 4 nitrogen and oxygen atoms in total. The van der Waals surface area contributed by atoms with Crippen LogP contribution in [0.15, 0.2) is 18.2 Å². The predicted octanol–water partition coefficient (Wildman–Crippen LogP) is 2.02. The summed E-state index contributed by atoms with van der Waals surface area (Å²) in [5.41, 5.74) is 3.91. The van der Waals surface area contributed by atoms with Crippen molar-refractivity contribution in [2.45, 2.75) is 26.8 Å². The first kappa shape index (κ1) is 16.5. The lowest BCUT2D eigenvalue weighted by molar-refractivity contribution is 0.273. The molecule has 0 bridgehead atoms. The average molecular weight is 310 g/mol. The maximum atomic E-state index is 11.5. The quantitative estimate of drug-likeness (QED) is 0.835. The van der Waals surface area contributed by atoms with Gasteiger partial charge in [-0.1, -0.05) is 29.3 Å². The summed E-state index contributed by atoms with van der Waals surface area (Å²) in [6.07, 6.45) is 2.26. The number of sulfonamides is 1. The van der Waals surface area contributed by atoms with E-state index in [1.807, 2.05) is 0 Å². The van der Waals surface area contributed by atoms with E-state index >= 15 is 0 Å². The largest absolute Gasteiger partial charge is 0.302 e. The zero-order valence-electron chi connectivity index (χ0n) is 13.5. The summed E-state index contributed by atoms with van der Waals surface area (Å²) < 4.78 is 24.7. The molecule has 0 aliphatic carbocycles. The summed E-state index contributed by atoms with van der Waals surface area (Å²) >= 11 is 0. The van der Waals surface area contributed by atoms with Gasteiger partial charge in [0, 0.05) is 26.2 Å². The van der Waals surface area contributed by atoms with Crippen LogP contribution in [-0.4, -0.2) is 50.6 Å². The maximum Gasteiger partial charge on any atom is 0.211 e. The van der Waals surface area contributed by atoms with E-state index in [0.717, 1.165) is 19.5 Å². The molecule has 1 aromatic rings. The van der Waals surface area contributed by atoms with Crippen molar-refractivity contribution in [3.05, 3.63) is 34.9 Å². The smallest absolute Gasteiger partial charge is 0.211 e. The fraction of sp³-hybridized carbons (Fsp3) is 0.625. The highest BCUT2D eigenvalue weighted by molar-refractivity contribution is 7.88. The van der Waals surface area contributed by atoms with E-state index in [1.165, 1.54) is 22.9 Å². The van der Waals surface area contributed by atoms with Crippen molar-refractivity contribution in [1.29, 1.82) is 0 Å². The van der Waals surface area contributed by atoms with Crippen molar-refractivity contribution >= 4 is 10.0 Å². The number of benzene rings is 1. The van der Waals surface area contributed by atoms with Gasteiger partial charge in [0.1, 0.15) is 0 Å². The Labute approximate surface area is 128 Å². The second-order valence-electron chi connectivity index (χ2n) is 6.47. The third-order valence-electron chi connectivity index (χ3n) is 4.02. The fourth-order valence-electron chi connectivity index (χ4n) is 3.22. The van der Waals surface area contributed by atoms with Crippen molar-refractivity contribution in [2.24, 2.45) is 5.92 Å². The molecular formula is C16H26N2O2S. The molecule has 0 spiro atoms. The van der Waals surface area contributed by atoms with Gasteiger partial charge in [0.05, 0.1) is 6.26 Å². The molecule has 1 aliphatic rings. The Morgan fingerprint density at radius 1 is 1.24 bits per heavy atom. The first-order valence-corrected chi connectivity index (χ1v) is 9.29. The first-order chi connectivity index (χ1) is 9.74. The Hall–Kier alpha value is -0.910. The van der Waals surface area contributed by atoms with Crippen LogP contribution in [-0.2, 0) is 16.6 Å². The molecule has 1 aliphatic heterocycles. The summed E-state index contributed by atoms with van der Waals surface area (Å²) in [7, 11) is -0.915. The topological polar surface area (TPSA) is 40.6 Å². The number of rotatable bonds is 5. The number of aryl methyl sites for hydroxylation is 2. The Bertz CT molecular complexity index is 578. The molecule has 1 heterocycles. The molecule has 0 N–H and O–H groups in total. The van der Waals surface area contributed by atoms with Crippen LogP contribution >= 0.6 is 0 Å². The highest BCUT2D eigenvalue weighted by atomic mass is 32.2. The Kier molecular flexibility index (Phi) is 5.07. The van der Waals surface area contributed by atoms with E-state index in [9.17, 15) is 8.42 Å². The van der Waals surface area contributed by atoms with Gasteiger partial charge in [-0.3, -0.25) is 0 Å². The molecule has 1 aromatic carbocycles. The maximum absolute atomic E-state index is 11.5. The molecule has 0 saturated carbocycles. The van der Waals surface area contributed by atoms with Crippen LogP contribution in [0.3, 0.4) is 0 Å². The zero-order chi connectivity index (χ0) is 15.6. The van der Waals surface area contributed by atoms with Gasteiger partial charge in [-0.15, -0.1) is 0 Å². The van der Waals surface area contributed by atoms with Crippen LogP contribution < -0.4 is 0 Å². The first-order valence-electron chi connectivity index (χ1n) is 7.45. The van der Waals surface area contributed by atoms with Crippen molar-refractivity contribution < 1.29 is 8.42 Å². The summed E-state index contributed by atoms with van der Waals surface area (Å²) in [5, 5.41) is 0. The van der Waals surface area contributed by atoms with Crippen molar-refractivity contribution in [3.8, 4) is 0 Å². The minimum atomic E-state index is -3.03. The molecule has 21 heavy (non-hydrogen) atoms. The third kappa shape index (κ3) is 4.80. The third-order valence-corrected chi connectivity index (χ3v) is 5.29. The van der Waals surface area contributed by atoms with Gasteiger partial charge in [0.2, 0.25) is 10.0 Å². The summed E-state index contributed by atoms with van der Waals surface area (Å²) in [4.78, 5) is 2.30. The lowest BCUT2D eigenvalue weighted by Gasteiger charge is -2.21. The summed E-state index contributed by atoms with van der Waals surface area (Å²) in [6.45, 7) is 7.43. The second kappa shape index (κ2) is 6.46. The second-order valence-corrected chi connectivity index (χ2v) is 8.45. The molecule has 5 heteroatoms. The Morgan fingerprint density at radius 2 is 1.86 bits per heavy atom. The van der Waals surface area contributed by atoms with E-state index < -0.39 is 10.0 Å². The molecule has 0 radical (unpaired) electrons. The molecule has 0 amide bonds. The van der Waals surface area contributed by atoms with E-state index in [4.69, 9.17) is 0 Å². The van der Waals surface area contributed by atoms with Gasteiger partial charge in [0.15, 0.2) is 0 Å². The van der Waals surface area contributed by atoms with E-state index in [2.05, 4.69) is 44.0 Å². The zero-order valence-corrected chi connectivity index (χ0v) is 14.3. The van der Waals surface area contributed by atoms with Gasteiger partial charge >= 0.3 is 0 Å². The summed E-state index contributed by atoms with van der Waals surface area (Å²) in [6, 6.07) is 6.63. The Balaban J connectivity index is 1.89. The number of hydrogen-bond acceptors (Lipinski definition) is 3. The highest BCUT2D eigenvalue weighted by Gasteiger charge is 2.28. The van der Waals surface area contributed by atoms with Gasteiger partial charge in [-0.2, -0.15) is 0 Å². The summed E-state index contributed by atoms with van der Waals surface area (Å²) in [5.74, 6) is 0.440. The molecule has 1 saturated heterocycles. The van der Waals surface area contributed by atoms with Gasteiger partial charge in [0.25, 0.3) is 0 Å². The molecule has 1 atom stereocenters. The standard InChI is InChI=1S/C16H26N2O2S/c1-13-7-14(2)9-16(8-13)11-17(3)10-15-5-6-18(12-15)21(4,19)20/h7-9,15H,5-6,10-12H2,1-4H3/t15-/m0/s1. The highest BCUT2D eigenvalue weighted by Crippen LogP contribution is 2.20. The number of hydrogen-bond donors (Lipinski definition) is 0. The van der Waals surface area contributed by atoms with E-state index in [1.54, 1.807) is 4.31 Å². The van der Waals surface area contributed by atoms with Crippen LogP contribution in [0.2, 0.25) is 0 Å². The molecular weight excluding hydrogens is 284 g/mol. The normalized spacial score (nSPS) is 20.3. The van der Waals surface area contributed by atoms with Crippen molar-refractivity contribution in [1.82, 2.24) is 9.21 Å². The Morgan fingerprint density at radius 3 is 2.38 bits per heavy atom. The monoisotopic (exact) mass is 310 g/mol. The average Bonchev–Trinajstić information content (AvgIpc) is 2.75. The van der Waals surface area contributed by atoms with Crippen LogP contribution in [0.4, 0.5) is 0 Å². The van der Waals surface area contributed by atoms with Gasteiger partial charge in [-0.05, 0) is 38.8 Å². The fourth-order valence-corrected chi connectivity index (χ4v) is 4.14. The van der Waals surface area contributed by atoms with Crippen LogP contribution in [0.5, 0.6) is 0 Å². The minimum Gasteiger partial charge on any atom is -0.302 e. The van der Waals surface area contributed by atoms with Crippen LogP contribution in [0.25, 0.3) is 0 Å². The van der Waals surface area contributed by atoms with E-state index in [0.29, 0.717) is 19.0 Å². The van der Waals surface area contributed by atoms with E-state index in [-0.39, 0.29) is 0 Å². The molecule has 0 unspecified atom stereocenters. The minimum absolute atomic E-state index is 0.440. The molecule has 2 rings (SSSR count).